The van der Waals surface area contributed by atoms with E-state index in [4.69, 9.17) is 0 Å². The van der Waals surface area contributed by atoms with E-state index in [0.717, 1.165) is 12.8 Å². The standard InChI is InChI=1S/C12H17/c1-3-5-7-9-11-12-10-8-6-4-2/h3-4,6,8-12H,1,5,7H2,2H3. The maximum Gasteiger partial charge on any atom is 0.00473 e. The van der Waals surface area contributed by atoms with Crippen molar-refractivity contribution in [3.05, 3.63) is 55.5 Å². The predicted molar refractivity (Wildman–Crippen MR) is 56.8 cm³/mol. The molecule has 1 radical (unpaired) electrons. The molecule has 0 atom stereocenters. The average Bonchev–Trinajstić information content (AvgIpc) is 2.10. The number of hydrogen-bond acceptors (Lipinski definition) is 0. The molecule has 0 unspecified atom stereocenters. The van der Waals surface area contributed by atoms with Crippen LogP contribution in [-0.2, 0) is 0 Å². The Morgan fingerprint density at radius 3 is 2.50 bits per heavy atom. The molecule has 0 aliphatic heterocycles. The predicted octanol–water partition coefficient (Wildman–Crippen LogP) is 3.85. The minimum absolute atomic E-state index is 1.06. The smallest absolute Gasteiger partial charge is 0.00473 e. The lowest BCUT2D eigenvalue weighted by atomic mass is 10.2. The van der Waals surface area contributed by atoms with E-state index in [1.807, 2.05) is 43.7 Å². The van der Waals surface area contributed by atoms with E-state index in [0.29, 0.717) is 0 Å². The molecular formula is C12H17. The molecule has 12 heavy (non-hydrogen) atoms. The second-order valence-corrected chi connectivity index (χ2v) is 2.40. The first kappa shape index (κ1) is 11.0. The summed E-state index contributed by atoms with van der Waals surface area (Å²) in [5.41, 5.74) is 0. The first-order valence-corrected chi connectivity index (χ1v) is 4.30. The minimum atomic E-state index is 1.06. The Balaban J connectivity index is 3.29. The van der Waals surface area contributed by atoms with Gasteiger partial charge in [-0.15, -0.1) is 6.58 Å². The van der Waals surface area contributed by atoms with Crippen molar-refractivity contribution in [2.24, 2.45) is 0 Å². The third-order valence-electron chi connectivity index (χ3n) is 1.31. The Morgan fingerprint density at radius 1 is 1.00 bits per heavy atom. The Kier molecular flexibility index (Phi) is 9.10. The molecule has 0 N–H and O–H groups in total. The van der Waals surface area contributed by atoms with E-state index in [9.17, 15) is 0 Å². The van der Waals surface area contributed by atoms with Gasteiger partial charge in [0.1, 0.15) is 0 Å². The van der Waals surface area contributed by atoms with Crippen molar-refractivity contribution in [3.8, 4) is 0 Å². The third kappa shape index (κ3) is 8.96. The summed E-state index contributed by atoms with van der Waals surface area (Å²) >= 11 is 0. The van der Waals surface area contributed by atoms with Crippen molar-refractivity contribution in [3.63, 3.8) is 0 Å². The second-order valence-electron chi connectivity index (χ2n) is 2.40. The zero-order chi connectivity index (χ0) is 9.07. The number of hydrogen-bond donors (Lipinski definition) is 0. The van der Waals surface area contributed by atoms with Gasteiger partial charge in [0.2, 0.25) is 0 Å². The lowest BCUT2D eigenvalue weighted by Crippen LogP contribution is -1.64. The molecular weight excluding hydrogens is 144 g/mol. The van der Waals surface area contributed by atoms with Crippen LogP contribution in [-0.4, -0.2) is 0 Å². The van der Waals surface area contributed by atoms with Gasteiger partial charge in [-0.2, -0.15) is 0 Å². The SMILES string of the molecule is C=CCCC=C[CH]C=CC=CC. The molecule has 0 aromatic carbocycles. The van der Waals surface area contributed by atoms with Crippen LogP contribution >= 0.6 is 0 Å². The summed E-state index contributed by atoms with van der Waals surface area (Å²) in [5, 5.41) is 0. The molecule has 0 saturated heterocycles. The molecule has 0 aromatic rings. The average molecular weight is 161 g/mol. The maximum atomic E-state index is 3.65. The Morgan fingerprint density at radius 2 is 1.83 bits per heavy atom. The Hall–Kier alpha value is -1.04. The van der Waals surface area contributed by atoms with Crippen molar-refractivity contribution in [2.45, 2.75) is 19.8 Å². The summed E-state index contributed by atoms with van der Waals surface area (Å²) in [6.45, 7) is 5.66. The van der Waals surface area contributed by atoms with Crippen molar-refractivity contribution in [2.75, 3.05) is 0 Å². The molecule has 0 bridgehead atoms. The van der Waals surface area contributed by atoms with Gasteiger partial charge in [-0.05, 0) is 19.8 Å². The molecule has 0 rings (SSSR count). The van der Waals surface area contributed by atoms with Crippen LogP contribution in [0.5, 0.6) is 0 Å². The highest BCUT2D eigenvalue weighted by Crippen LogP contribution is 1.93. The molecule has 0 fully saturated rings. The molecule has 0 saturated carbocycles. The van der Waals surface area contributed by atoms with E-state index < -0.39 is 0 Å². The Bertz CT molecular complexity index is 170. The van der Waals surface area contributed by atoms with Crippen molar-refractivity contribution >= 4 is 0 Å². The van der Waals surface area contributed by atoms with Crippen LogP contribution in [0.25, 0.3) is 0 Å². The van der Waals surface area contributed by atoms with E-state index in [1.165, 1.54) is 0 Å². The van der Waals surface area contributed by atoms with Gasteiger partial charge < -0.3 is 0 Å². The van der Waals surface area contributed by atoms with Gasteiger partial charge in [0.25, 0.3) is 0 Å². The van der Waals surface area contributed by atoms with Crippen molar-refractivity contribution in [1.29, 1.82) is 0 Å². The monoisotopic (exact) mass is 161 g/mol. The lowest BCUT2D eigenvalue weighted by Gasteiger charge is -1.83. The van der Waals surface area contributed by atoms with Gasteiger partial charge in [0, 0.05) is 6.42 Å². The van der Waals surface area contributed by atoms with Crippen LogP contribution in [0, 0.1) is 6.42 Å². The summed E-state index contributed by atoms with van der Waals surface area (Å²) in [6, 6.07) is 0. The van der Waals surface area contributed by atoms with Crippen molar-refractivity contribution in [1.82, 2.24) is 0 Å². The first-order valence-electron chi connectivity index (χ1n) is 4.30. The number of rotatable bonds is 6. The fourth-order valence-electron chi connectivity index (χ4n) is 0.692. The van der Waals surface area contributed by atoms with Gasteiger partial charge >= 0.3 is 0 Å². The second kappa shape index (κ2) is 9.96. The molecule has 0 aliphatic carbocycles. The lowest BCUT2D eigenvalue weighted by molar-refractivity contribution is 1.05. The molecule has 0 nitrogen and oxygen atoms in total. The van der Waals surface area contributed by atoms with Crippen LogP contribution in [0.3, 0.4) is 0 Å². The summed E-state index contributed by atoms with van der Waals surface area (Å²) in [4.78, 5) is 0. The fraction of sp³-hybridized carbons (Fsp3) is 0.250. The van der Waals surface area contributed by atoms with Gasteiger partial charge in [0.15, 0.2) is 0 Å². The van der Waals surface area contributed by atoms with Crippen LogP contribution in [0.4, 0.5) is 0 Å². The van der Waals surface area contributed by atoms with Gasteiger partial charge in [-0.3, -0.25) is 0 Å². The highest BCUT2D eigenvalue weighted by atomic mass is 13.8. The quantitative estimate of drug-likeness (QED) is 0.315. The van der Waals surface area contributed by atoms with Crippen LogP contribution in [0.2, 0.25) is 0 Å². The fourth-order valence-corrected chi connectivity index (χ4v) is 0.692. The summed E-state index contributed by atoms with van der Waals surface area (Å²) in [7, 11) is 0. The molecule has 0 aliphatic rings. The first-order chi connectivity index (χ1) is 5.91. The minimum Gasteiger partial charge on any atom is -0.103 e. The van der Waals surface area contributed by atoms with Gasteiger partial charge in [-0.1, -0.05) is 42.5 Å². The number of allylic oxidation sites excluding steroid dienone is 7. The van der Waals surface area contributed by atoms with Crippen molar-refractivity contribution < 1.29 is 0 Å². The zero-order valence-electron chi connectivity index (χ0n) is 7.74. The largest absolute Gasteiger partial charge is 0.103 e. The molecule has 0 heterocycles. The van der Waals surface area contributed by atoms with E-state index in [1.54, 1.807) is 0 Å². The zero-order valence-corrected chi connectivity index (χ0v) is 7.74. The summed E-state index contributed by atoms with van der Waals surface area (Å²) in [5.74, 6) is 0. The maximum absolute atomic E-state index is 3.65. The summed E-state index contributed by atoms with van der Waals surface area (Å²) in [6.07, 6.45) is 18.3. The molecule has 0 amide bonds. The van der Waals surface area contributed by atoms with Gasteiger partial charge in [0.05, 0.1) is 0 Å². The van der Waals surface area contributed by atoms with Crippen LogP contribution in [0.1, 0.15) is 19.8 Å². The molecule has 0 spiro atoms. The highest BCUT2D eigenvalue weighted by molar-refractivity contribution is 5.13. The molecule has 0 heteroatoms. The number of unbranched alkanes of at least 4 members (excludes halogenated alkanes) is 1. The molecule has 0 aromatic heterocycles. The highest BCUT2D eigenvalue weighted by Gasteiger charge is 1.73. The van der Waals surface area contributed by atoms with Crippen LogP contribution < -0.4 is 0 Å². The van der Waals surface area contributed by atoms with Gasteiger partial charge in [-0.25, -0.2) is 0 Å². The van der Waals surface area contributed by atoms with Crippen LogP contribution in [0.15, 0.2) is 49.1 Å². The van der Waals surface area contributed by atoms with E-state index >= 15 is 0 Å². The molecule has 65 valence electrons. The summed E-state index contributed by atoms with van der Waals surface area (Å²) < 4.78 is 0. The topological polar surface area (TPSA) is 0 Å². The van der Waals surface area contributed by atoms with E-state index in [2.05, 4.69) is 18.7 Å². The normalized spacial score (nSPS) is 12.1. The third-order valence-corrected chi connectivity index (χ3v) is 1.31. The van der Waals surface area contributed by atoms with E-state index in [-0.39, 0.29) is 0 Å². The Labute approximate surface area is 76.0 Å².